The van der Waals surface area contributed by atoms with Crippen LogP contribution in [0.5, 0.6) is 0 Å². The summed E-state index contributed by atoms with van der Waals surface area (Å²) >= 11 is 1.32. The minimum atomic E-state index is -0.0817. The maximum Gasteiger partial charge on any atom is 0.230 e. The highest BCUT2D eigenvalue weighted by molar-refractivity contribution is 7.99. The van der Waals surface area contributed by atoms with Gasteiger partial charge in [0.2, 0.25) is 11.7 Å². The fourth-order valence-corrected chi connectivity index (χ4v) is 3.24. The number of nitrogens with zero attached hydrogens (tertiary/aromatic N) is 3. The van der Waals surface area contributed by atoms with Crippen molar-refractivity contribution >= 4 is 17.7 Å². The Bertz CT molecular complexity index is 834. The lowest BCUT2D eigenvalue weighted by molar-refractivity contribution is -0.119. The summed E-state index contributed by atoms with van der Waals surface area (Å²) in [6.07, 6.45) is 1.59. The average Bonchev–Trinajstić information content (AvgIpc) is 3.30. The molecule has 0 radical (unpaired) electrons. The van der Waals surface area contributed by atoms with Crippen molar-refractivity contribution in [3.05, 3.63) is 48.7 Å². The van der Waals surface area contributed by atoms with E-state index in [2.05, 4.69) is 15.5 Å². The fourth-order valence-electron chi connectivity index (χ4n) is 2.48. The Morgan fingerprint density at radius 1 is 1.27 bits per heavy atom. The van der Waals surface area contributed by atoms with Gasteiger partial charge in [-0.25, -0.2) is 0 Å². The summed E-state index contributed by atoms with van der Waals surface area (Å²) in [7, 11) is 1.61. The molecule has 8 heteroatoms. The highest BCUT2D eigenvalue weighted by atomic mass is 32.2. The predicted molar refractivity (Wildman–Crippen MR) is 99.3 cm³/mol. The number of para-hydroxylation sites is 1. The van der Waals surface area contributed by atoms with Crippen molar-refractivity contribution < 1.29 is 13.9 Å². The van der Waals surface area contributed by atoms with Crippen LogP contribution in [-0.4, -0.2) is 46.2 Å². The van der Waals surface area contributed by atoms with E-state index in [1.807, 2.05) is 47.9 Å². The number of ether oxygens (including phenoxy) is 1. The van der Waals surface area contributed by atoms with E-state index in [-0.39, 0.29) is 17.7 Å². The predicted octanol–water partition coefficient (Wildman–Crippen LogP) is 2.77. The standard InChI is InChI=1S/C18H20N4O3S/c1-13(11-24-2)19-16(23)12-26-18-21-20-17(15-9-6-10-25-15)22(18)14-7-4-3-5-8-14/h3-10,13H,11-12H2,1-2H3,(H,19,23). The van der Waals surface area contributed by atoms with Crippen LogP contribution < -0.4 is 5.32 Å². The van der Waals surface area contributed by atoms with Gasteiger partial charge in [-0.1, -0.05) is 30.0 Å². The molecule has 2 heterocycles. The van der Waals surface area contributed by atoms with E-state index in [4.69, 9.17) is 9.15 Å². The molecule has 0 saturated carbocycles. The summed E-state index contributed by atoms with van der Waals surface area (Å²) in [5.41, 5.74) is 0.902. The van der Waals surface area contributed by atoms with Crippen molar-refractivity contribution in [3.8, 4) is 17.3 Å². The van der Waals surface area contributed by atoms with Gasteiger partial charge in [0.1, 0.15) is 0 Å². The van der Waals surface area contributed by atoms with E-state index in [9.17, 15) is 4.79 Å². The van der Waals surface area contributed by atoms with Gasteiger partial charge in [0.15, 0.2) is 10.9 Å². The highest BCUT2D eigenvalue weighted by Gasteiger charge is 2.19. The average molecular weight is 372 g/mol. The summed E-state index contributed by atoms with van der Waals surface area (Å²) < 4.78 is 12.4. The molecule has 3 aromatic rings. The lowest BCUT2D eigenvalue weighted by atomic mass is 10.3. The molecule has 0 bridgehead atoms. The van der Waals surface area contributed by atoms with Gasteiger partial charge >= 0.3 is 0 Å². The van der Waals surface area contributed by atoms with Gasteiger partial charge in [-0.2, -0.15) is 0 Å². The van der Waals surface area contributed by atoms with Crippen LogP contribution in [-0.2, 0) is 9.53 Å². The number of aromatic nitrogens is 3. The van der Waals surface area contributed by atoms with Crippen LogP contribution in [0.15, 0.2) is 58.3 Å². The number of carbonyl (C=O) groups is 1. The number of amides is 1. The Kier molecular flexibility index (Phi) is 6.08. The number of methoxy groups -OCH3 is 1. The maximum absolute atomic E-state index is 12.1. The molecule has 136 valence electrons. The molecule has 1 aromatic carbocycles. The third kappa shape index (κ3) is 4.33. The SMILES string of the molecule is COCC(C)NC(=O)CSc1nnc(-c2ccco2)n1-c1ccccc1. The first kappa shape index (κ1) is 18.2. The van der Waals surface area contributed by atoms with Crippen LogP contribution in [0.2, 0.25) is 0 Å². The molecule has 0 aliphatic carbocycles. The van der Waals surface area contributed by atoms with Gasteiger partial charge in [0, 0.05) is 18.8 Å². The molecule has 0 aliphatic heterocycles. The van der Waals surface area contributed by atoms with E-state index in [0.717, 1.165) is 5.69 Å². The Morgan fingerprint density at radius 3 is 2.77 bits per heavy atom. The number of hydrogen-bond donors (Lipinski definition) is 1. The molecule has 1 N–H and O–H groups in total. The minimum absolute atomic E-state index is 0.0428. The molecule has 2 aromatic heterocycles. The number of rotatable bonds is 8. The summed E-state index contributed by atoms with van der Waals surface area (Å²) in [5.74, 6) is 1.36. The third-order valence-corrected chi connectivity index (χ3v) is 4.47. The number of thioether (sulfide) groups is 1. The molecule has 1 unspecified atom stereocenters. The summed E-state index contributed by atoms with van der Waals surface area (Å²) in [6.45, 7) is 2.37. The van der Waals surface area contributed by atoms with Crippen molar-refractivity contribution in [1.82, 2.24) is 20.1 Å². The topological polar surface area (TPSA) is 82.2 Å². The lowest BCUT2D eigenvalue weighted by Crippen LogP contribution is -2.36. The van der Waals surface area contributed by atoms with Crippen LogP contribution in [0.4, 0.5) is 0 Å². The Hall–Kier alpha value is -2.58. The molecule has 3 rings (SSSR count). The monoisotopic (exact) mass is 372 g/mol. The molecule has 1 amide bonds. The first-order valence-corrected chi connectivity index (χ1v) is 9.13. The first-order chi connectivity index (χ1) is 12.7. The van der Waals surface area contributed by atoms with Crippen LogP contribution >= 0.6 is 11.8 Å². The second kappa shape index (κ2) is 8.68. The van der Waals surface area contributed by atoms with Gasteiger partial charge in [0.25, 0.3) is 0 Å². The molecular weight excluding hydrogens is 352 g/mol. The van der Waals surface area contributed by atoms with Crippen molar-refractivity contribution in [2.24, 2.45) is 0 Å². The van der Waals surface area contributed by atoms with Gasteiger partial charge in [-0.05, 0) is 31.2 Å². The molecule has 26 heavy (non-hydrogen) atoms. The van der Waals surface area contributed by atoms with Gasteiger partial charge < -0.3 is 14.5 Å². The lowest BCUT2D eigenvalue weighted by Gasteiger charge is -2.12. The zero-order valence-corrected chi connectivity index (χ0v) is 15.4. The largest absolute Gasteiger partial charge is 0.461 e. The zero-order chi connectivity index (χ0) is 18.4. The number of furan rings is 1. The molecule has 0 fully saturated rings. The van der Waals surface area contributed by atoms with Crippen molar-refractivity contribution in [2.45, 2.75) is 18.1 Å². The van der Waals surface area contributed by atoms with Crippen molar-refractivity contribution in [2.75, 3.05) is 19.5 Å². The summed E-state index contributed by atoms with van der Waals surface area (Å²) in [4.78, 5) is 12.1. The highest BCUT2D eigenvalue weighted by Crippen LogP contribution is 2.28. The second-order valence-electron chi connectivity index (χ2n) is 5.67. The van der Waals surface area contributed by atoms with E-state index in [1.54, 1.807) is 19.4 Å². The summed E-state index contributed by atoms with van der Waals surface area (Å²) in [6, 6.07) is 13.3. The fraction of sp³-hybridized carbons (Fsp3) is 0.278. The smallest absolute Gasteiger partial charge is 0.230 e. The zero-order valence-electron chi connectivity index (χ0n) is 14.6. The molecule has 1 atom stereocenters. The molecule has 0 saturated heterocycles. The van der Waals surface area contributed by atoms with Crippen LogP contribution in [0.25, 0.3) is 17.3 Å². The van der Waals surface area contributed by atoms with Gasteiger partial charge in [0.05, 0.1) is 18.6 Å². The maximum atomic E-state index is 12.1. The number of benzene rings is 1. The molecule has 7 nitrogen and oxygen atoms in total. The van der Waals surface area contributed by atoms with Crippen molar-refractivity contribution in [3.63, 3.8) is 0 Å². The van der Waals surface area contributed by atoms with Gasteiger partial charge in [-0.15, -0.1) is 10.2 Å². The van der Waals surface area contributed by atoms with Crippen LogP contribution in [0.1, 0.15) is 6.92 Å². The number of carbonyl (C=O) groups excluding carboxylic acids is 1. The van der Waals surface area contributed by atoms with Gasteiger partial charge in [-0.3, -0.25) is 9.36 Å². The quantitative estimate of drug-likeness (QED) is 0.612. The molecule has 0 spiro atoms. The Balaban J connectivity index is 1.80. The Labute approximate surface area is 155 Å². The van der Waals surface area contributed by atoms with E-state index >= 15 is 0 Å². The van der Waals surface area contributed by atoms with E-state index in [1.165, 1.54) is 11.8 Å². The normalized spacial score (nSPS) is 12.1. The summed E-state index contributed by atoms with van der Waals surface area (Å²) in [5, 5.41) is 12.0. The van der Waals surface area contributed by atoms with E-state index in [0.29, 0.717) is 23.3 Å². The Morgan fingerprint density at radius 2 is 2.08 bits per heavy atom. The molecule has 0 aliphatic rings. The second-order valence-corrected chi connectivity index (χ2v) is 6.61. The number of nitrogens with one attached hydrogen (secondary N) is 1. The minimum Gasteiger partial charge on any atom is -0.461 e. The van der Waals surface area contributed by atoms with E-state index < -0.39 is 0 Å². The van der Waals surface area contributed by atoms with Crippen LogP contribution in [0, 0.1) is 0 Å². The number of hydrogen-bond acceptors (Lipinski definition) is 6. The molecular formula is C18H20N4O3S. The first-order valence-electron chi connectivity index (χ1n) is 8.15. The third-order valence-electron chi connectivity index (χ3n) is 3.55. The van der Waals surface area contributed by atoms with Crippen LogP contribution in [0.3, 0.4) is 0 Å². The van der Waals surface area contributed by atoms with Crippen molar-refractivity contribution in [1.29, 1.82) is 0 Å².